The van der Waals surface area contributed by atoms with Gasteiger partial charge < -0.3 is 9.47 Å². The number of rotatable bonds is 2. The summed E-state index contributed by atoms with van der Waals surface area (Å²) in [4.78, 5) is 2.85. The summed E-state index contributed by atoms with van der Waals surface area (Å²) < 4.78 is 11.9. The molecule has 0 aromatic rings. The summed E-state index contributed by atoms with van der Waals surface area (Å²) in [5.41, 5.74) is 8.37. The highest BCUT2D eigenvalue weighted by atomic mass is 16.8. The van der Waals surface area contributed by atoms with Gasteiger partial charge in [-0.1, -0.05) is 5.11 Å². The molecule has 0 N–H and O–H groups in total. The minimum absolute atomic E-state index is 0.229. The van der Waals surface area contributed by atoms with Crippen LogP contribution in [-0.2, 0) is 9.47 Å². The van der Waals surface area contributed by atoms with Crippen LogP contribution in [0.3, 0.4) is 0 Å². The van der Waals surface area contributed by atoms with Crippen LogP contribution in [0.5, 0.6) is 0 Å². The van der Waals surface area contributed by atoms with Crippen molar-refractivity contribution in [3.05, 3.63) is 10.4 Å². The third kappa shape index (κ3) is 1.43. The van der Waals surface area contributed by atoms with Gasteiger partial charge in [0.05, 0.1) is 12.2 Å². The Balaban J connectivity index is 1.75. The quantitative estimate of drug-likeness (QED) is 0.410. The lowest BCUT2D eigenvalue weighted by atomic mass is 9.85. The lowest BCUT2D eigenvalue weighted by Gasteiger charge is -2.28. The number of fused-ring (bicyclic) bond motifs is 5. The second kappa shape index (κ2) is 3.36. The van der Waals surface area contributed by atoms with E-state index in [4.69, 9.17) is 15.0 Å². The number of ether oxygens (including phenoxy) is 2. The fraction of sp³-hybridized carbons (Fsp3) is 1.00. The molecule has 3 aliphatic rings. The predicted molar refractivity (Wildman–Crippen MR) is 57.5 cm³/mol. The van der Waals surface area contributed by atoms with Crippen LogP contribution in [0.4, 0.5) is 0 Å². The van der Waals surface area contributed by atoms with Crippen molar-refractivity contribution in [1.82, 2.24) is 0 Å². The molecule has 0 aromatic carbocycles. The zero-order valence-electron chi connectivity index (χ0n) is 9.67. The SMILES string of the molecule is CC1(C)O[C@@H]2[C@@H]3C[C@@H](C[C@@H]3CN=[N+]=[N-])[C@@H]2O1. The van der Waals surface area contributed by atoms with Crippen LogP contribution in [0.15, 0.2) is 5.11 Å². The number of azide groups is 1. The summed E-state index contributed by atoms with van der Waals surface area (Å²) >= 11 is 0. The topological polar surface area (TPSA) is 67.2 Å². The van der Waals surface area contributed by atoms with E-state index in [0.717, 1.165) is 6.42 Å². The van der Waals surface area contributed by atoms with E-state index in [2.05, 4.69) is 10.0 Å². The van der Waals surface area contributed by atoms with Crippen LogP contribution >= 0.6 is 0 Å². The minimum Gasteiger partial charge on any atom is -0.344 e. The Hall–Kier alpha value is -0.770. The standard InChI is InChI=1S/C11H17N3O2/c1-11(2)15-9-6-3-7(5-13-14-12)8(4-6)10(9)16-11/h6-10H,3-5H2,1-2H3/t6-,7-,8-,9+,10-/m1/s1. The molecule has 0 radical (unpaired) electrons. The second-order valence-electron chi connectivity index (χ2n) is 5.63. The first-order valence-corrected chi connectivity index (χ1v) is 5.97. The molecule has 1 heterocycles. The number of hydrogen-bond donors (Lipinski definition) is 0. The van der Waals surface area contributed by atoms with Crippen molar-refractivity contribution in [2.75, 3.05) is 6.54 Å². The lowest BCUT2D eigenvalue weighted by Crippen LogP contribution is -2.35. The van der Waals surface area contributed by atoms with Crippen LogP contribution in [0.2, 0.25) is 0 Å². The summed E-state index contributed by atoms with van der Waals surface area (Å²) in [5, 5.41) is 3.71. The molecule has 0 aromatic heterocycles. The van der Waals surface area contributed by atoms with Crippen molar-refractivity contribution < 1.29 is 9.47 Å². The number of hydrogen-bond acceptors (Lipinski definition) is 3. The fourth-order valence-electron chi connectivity index (χ4n) is 3.74. The molecule has 88 valence electrons. The molecule has 5 atom stereocenters. The van der Waals surface area contributed by atoms with Crippen LogP contribution in [0.1, 0.15) is 26.7 Å². The minimum atomic E-state index is -0.431. The monoisotopic (exact) mass is 223 g/mol. The van der Waals surface area contributed by atoms with Gasteiger partial charge in [0.1, 0.15) is 0 Å². The van der Waals surface area contributed by atoms with Crippen molar-refractivity contribution in [1.29, 1.82) is 0 Å². The van der Waals surface area contributed by atoms with E-state index in [1.54, 1.807) is 0 Å². The highest BCUT2D eigenvalue weighted by Crippen LogP contribution is 2.55. The third-order valence-electron chi connectivity index (χ3n) is 4.22. The Labute approximate surface area is 94.7 Å². The van der Waals surface area contributed by atoms with Gasteiger partial charge in [-0.2, -0.15) is 0 Å². The van der Waals surface area contributed by atoms with Crippen LogP contribution in [0.25, 0.3) is 10.4 Å². The largest absolute Gasteiger partial charge is 0.344 e. The van der Waals surface area contributed by atoms with Gasteiger partial charge in [0.25, 0.3) is 0 Å². The van der Waals surface area contributed by atoms with Crippen molar-refractivity contribution in [3.8, 4) is 0 Å². The van der Waals surface area contributed by atoms with Gasteiger partial charge in [0, 0.05) is 11.5 Å². The molecular weight excluding hydrogens is 206 g/mol. The first-order valence-electron chi connectivity index (χ1n) is 5.97. The first kappa shape index (κ1) is 10.4. The Kier molecular flexibility index (Phi) is 2.18. The van der Waals surface area contributed by atoms with E-state index in [1.807, 2.05) is 13.8 Å². The molecule has 3 fully saturated rings. The molecule has 1 aliphatic heterocycles. The van der Waals surface area contributed by atoms with Gasteiger partial charge in [-0.15, -0.1) is 0 Å². The maximum atomic E-state index is 8.37. The zero-order chi connectivity index (χ0) is 11.3. The van der Waals surface area contributed by atoms with Gasteiger partial charge in [-0.3, -0.25) is 0 Å². The smallest absolute Gasteiger partial charge is 0.163 e. The Morgan fingerprint density at radius 2 is 2.06 bits per heavy atom. The molecule has 16 heavy (non-hydrogen) atoms. The van der Waals surface area contributed by atoms with E-state index in [9.17, 15) is 0 Å². The Bertz CT molecular complexity index is 351. The van der Waals surface area contributed by atoms with Crippen molar-refractivity contribution in [3.63, 3.8) is 0 Å². The van der Waals surface area contributed by atoms with Crippen LogP contribution < -0.4 is 0 Å². The summed E-state index contributed by atoms with van der Waals surface area (Å²) in [6.45, 7) is 4.57. The van der Waals surface area contributed by atoms with Gasteiger partial charge in [-0.25, -0.2) is 0 Å². The van der Waals surface area contributed by atoms with Crippen molar-refractivity contribution in [2.45, 2.75) is 44.7 Å². The Morgan fingerprint density at radius 3 is 2.81 bits per heavy atom. The van der Waals surface area contributed by atoms with Crippen molar-refractivity contribution >= 4 is 0 Å². The molecule has 2 saturated carbocycles. The lowest BCUT2D eigenvalue weighted by molar-refractivity contribution is -0.157. The normalized spacial score (nSPS) is 47.8. The van der Waals surface area contributed by atoms with E-state index >= 15 is 0 Å². The maximum absolute atomic E-state index is 8.37. The van der Waals surface area contributed by atoms with E-state index < -0.39 is 5.79 Å². The van der Waals surface area contributed by atoms with Gasteiger partial charge >= 0.3 is 0 Å². The summed E-state index contributed by atoms with van der Waals surface area (Å²) in [7, 11) is 0. The van der Waals surface area contributed by atoms with Crippen molar-refractivity contribution in [2.24, 2.45) is 22.9 Å². The molecule has 1 saturated heterocycles. The molecule has 3 rings (SSSR count). The highest BCUT2D eigenvalue weighted by Gasteiger charge is 2.59. The average molecular weight is 223 g/mol. The first-order chi connectivity index (χ1) is 7.61. The Morgan fingerprint density at radius 1 is 1.31 bits per heavy atom. The van der Waals surface area contributed by atoms with Crippen LogP contribution in [0, 0.1) is 17.8 Å². The molecule has 0 unspecified atom stereocenters. The van der Waals surface area contributed by atoms with Gasteiger partial charge in [0.2, 0.25) is 0 Å². The molecule has 2 aliphatic carbocycles. The molecule has 0 amide bonds. The third-order valence-corrected chi connectivity index (χ3v) is 4.22. The molecule has 5 heteroatoms. The summed E-state index contributed by atoms with van der Waals surface area (Å²) in [5.74, 6) is 1.21. The molecule has 2 bridgehead atoms. The summed E-state index contributed by atoms with van der Waals surface area (Å²) in [6, 6.07) is 0. The van der Waals surface area contributed by atoms with Gasteiger partial charge in [-0.05, 0) is 50.0 Å². The zero-order valence-corrected chi connectivity index (χ0v) is 9.67. The molecular formula is C11H17N3O2. The predicted octanol–water partition coefficient (Wildman–Crippen LogP) is 2.47. The van der Waals surface area contributed by atoms with E-state index in [1.165, 1.54) is 6.42 Å². The molecule has 5 nitrogen and oxygen atoms in total. The van der Waals surface area contributed by atoms with E-state index in [0.29, 0.717) is 24.3 Å². The second-order valence-corrected chi connectivity index (χ2v) is 5.63. The van der Waals surface area contributed by atoms with E-state index in [-0.39, 0.29) is 12.2 Å². The highest BCUT2D eigenvalue weighted by molar-refractivity contribution is 5.06. The fourth-order valence-corrected chi connectivity index (χ4v) is 3.74. The summed E-state index contributed by atoms with van der Waals surface area (Å²) in [6.07, 6.45) is 2.82. The molecule has 0 spiro atoms. The number of nitrogens with zero attached hydrogens (tertiary/aromatic N) is 3. The maximum Gasteiger partial charge on any atom is 0.163 e. The van der Waals surface area contributed by atoms with Gasteiger partial charge in [0.15, 0.2) is 5.79 Å². The average Bonchev–Trinajstić information content (AvgIpc) is 2.82. The van der Waals surface area contributed by atoms with Crippen LogP contribution in [-0.4, -0.2) is 24.5 Å².